The van der Waals surface area contributed by atoms with Crippen molar-refractivity contribution in [3.05, 3.63) is 63.6 Å². The Morgan fingerprint density at radius 1 is 1.45 bits per heavy atom. The summed E-state index contributed by atoms with van der Waals surface area (Å²) >= 11 is 0. The van der Waals surface area contributed by atoms with E-state index in [1.54, 1.807) is 18.2 Å². The Hall–Kier alpha value is -2.05. The van der Waals surface area contributed by atoms with E-state index >= 15 is 0 Å². The number of ether oxygens (including phenoxy) is 1. The van der Waals surface area contributed by atoms with Gasteiger partial charge in [0.2, 0.25) is 0 Å². The van der Waals surface area contributed by atoms with E-state index < -0.39 is 0 Å². The molecule has 1 unspecified atom stereocenters. The maximum absolute atomic E-state index is 12.9. The first-order valence-electron chi connectivity index (χ1n) is 7.25. The Kier molecular flexibility index (Phi) is 4.31. The fourth-order valence-corrected chi connectivity index (χ4v) is 2.64. The number of hydrogen-bond acceptors (Lipinski definition) is 4. The summed E-state index contributed by atoms with van der Waals surface area (Å²) in [4.78, 5) is 21.1. The van der Waals surface area contributed by atoms with Gasteiger partial charge in [-0.15, -0.1) is 0 Å². The Labute approximate surface area is 127 Å². The highest BCUT2D eigenvalue weighted by atomic mass is 19.1. The van der Waals surface area contributed by atoms with Gasteiger partial charge in [-0.25, -0.2) is 4.39 Å². The van der Waals surface area contributed by atoms with Gasteiger partial charge < -0.3 is 9.72 Å². The number of hydrogen-bond donors (Lipinski definition) is 1. The van der Waals surface area contributed by atoms with E-state index in [0.717, 1.165) is 23.6 Å². The van der Waals surface area contributed by atoms with Gasteiger partial charge in [0, 0.05) is 43.2 Å². The molecule has 1 fully saturated rings. The number of nitrogens with one attached hydrogen (secondary N) is 1. The standard InChI is InChI=1S/C16H18FN3O2/c1-11-6-14(21)7-15(19-11)16-10-20(4-5-22-16)9-13-3-2-12(17)8-18-13/h2-3,6-8,16H,4-5,9-10H2,1H3,(H,19,21). The van der Waals surface area contributed by atoms with Gasteiger partial charge in [-0.05, 0) is 19.1 Å². The van der Waals surface area contributed by atoms with Crippen molar-refractivity contribution in [1.29, 1.82) is 0 Å². The number of morpholine rings is 1. The summed E-state index contributed by atoms with van der Waals surface area (Å²) in [6.07, 6.45) is 1.06. The molecule has 1 aliphatic heterocycles. The van der Waals surface area contributed by atoms with Crippen molar-refractivity contribution >= 4 is 0 Å². The second-order valence-electron chi connectivity index (χ2n) is 5.52. The lowest BCUT2D eigenvalue weighted by Crippen LogP contribution is -2.38. The first-order valence-corrected chi connectivity index (χ1v) is 7.25. The maximum Gasteiger partial charge on any atom is 0.182 e. The molecule has 1 aliphatic rings. The lowest BCUT2D eigenvalue weighted by atomic mass is 10.1. The van der Waals surface area contributed by atoms with Crippen LogP contribution in [0.5, 0.6) is 0 Å². The molecule has 2 aromatic rings. The molecule has 1 N–H and O–H groups in total. The molecule has 1 saturated heterocycles. The number of nitrogens with zero attached hydrogens (tertiary/aromatic N) is 2. The summed E-state index contributed by atoms with van der Waals surface area (Å²) in [5, 5.41) is 0. The molecule has 0 bridgehead atoms. The van der Waals surface area contributed by atoms with Crippen molar-refractivity contribution < 1.29 is 9.13 Å². The number of aryl methyl sites for hydroxylation is 1. The normalized spacial score (nSPS) is 19.3. The van der Waals surface area contributed by atoms with Crippen LogP contribution >= 0.6 is 0 Å². The SMILES string of the molecule is Cc1cc(=O)cc(C2CN(Cc3ccc(F)cn3)CCO2)[nH]1. The molecule has 0 spiro atoms. The summed E-state index contributed by atoms with van der Waals surface area (Å²) in [5.74, 6) is -0.332. The van der Waals surface area contributed by atoms with Gasteiger partial charge in [-0.1, -0.05) is 0 Å². The summed E-state index contributed by atoms with van der Waals surface area (Å²) in [6, 6.07) is 6.25. The fourth-order valence-electron chi connectivity index (χ4n) is 2.64. The second kappa shape index (κ2) is 6.37. The minimum atomic E-state index is -0.332. The molecule has 116 valence electrons. The topological polar surface area (TPSA) is 58.2 Å². The van der Waals surface area contributed by atoms with E-state index in [1.165, 1.54) is 12.3 Å². The zero-order valence-corrected chi connectivity index (χ0v) is 12.4. The van der Waals surface area contributed by atoms with Crippen LogP contribution in [-0.4, -0.2) is 34.6 Å². The largest absolute Gasteiger partial charge is 0.369 e. The van der Waals surface area contributed by atoms with Crippen molar-refractivity contribution in [3.8, 4) is 0 Å². The number of rotatable bonds is 3. The van der Waals surface area contributed by atoms with E-state index in [1.807, 2.05) is 6.92 Å². The number of H-pyrrole nitrogens is 1. The van der Waals surface area contributed by atoms with E-state index in [-0.39, 0.29) is 17.3 Å². The van der Waals surface area contributed by atoms with E-state index in [9.17, 15) is 9.18 Å². The van der Waals surface area contributed by atoms with Crippen LogP contribution in [0, 0.1) is 12.7 Å². The highest BCUT2D eigenvalue weighted by Crippen LogP contribution is 2.21. The van der Waals surface area contributed by atoms with Crippen LogP contribution in [-0.2, 0) is 11.3 Å². The first kappa shape index (κ1) is 14.9. The second-order valence-corrected chi connectivity index (χ2v) is 5.52. The Morgan fingerprint density at radius 3 is 3.05 bits per heavy atom. The summed E-state index contributed by atoms with van der Waals surface area (Å²) < 4.78 is 18.7. The lowest BCUT2D eigenvalue weighted by Gasteiger charge is -2.32. The van der Waals surface area contributed by atoms with E-state index in [0.29, 0.717) is 19.7 Å². The van der Waals surface area contributed by atoms with E-state index in [2.05, 4.69) is 14.9 Å². The molecular weight excluding hydrogens is 285 g/mol. The monoisotopic (exact) mass is 303 g/mol. The van der Waals surface area contributed by atoms with Crippen LogP contribution in [0.3, 0.4) is 0 Å². The Balaban J connectivity index is 1.71. The predicted molar refractivity (Wildman–Crippen MR) is 80.0 cm³/mol. The molecule has 0 aliphatic carbocycles. The van der Waals surface area contributed by atoms with Crippen LogP contribution in [0.4, 0.5) is 4.39 Å². The first-order chi connectivity index (χ1) is 10.6. The summed E-state index contributed by atoms with van der Waals surface area (Å²) in [5.41, 5.74) is 2.41. The highest BCUT2D eigenvalue weighted by molar-refractivity contribution is 5.14. The van der Waals surface area contributed by atoms with E-state index in [4.69, 9.17) is 4.74 Å². The third-order valence-electron chi connectivity index (χ3n) is 3.67. The van der Waals surface area contributed by atoms with Gasteiger partial charge in [-0.3, -0.25) is 14.7 Å². The third kappa shape index (κ3) is 3.58. The van der Waals surface area contributed by atoms with Crippen molar-refractivity contribution in [2.45, 2.75) is 19.6 Å². The van der Waals surface area contributed by atoms with Crippen molar-refractivity contribution in [2.75, 3.05) is 19.7 Å². The van der Waals surface area contributed by atoms with Crippen LogP contribution in [0.15, 0.2) is 35.3 Å². The van der Waals surface area contributed by atoms with Gasteiger partial charge in [0.15, 0.2) is 5.43 Å². The summed E-state index contributed by atoms with van der Waals surface area (Å²) in [7, 11) is 0. The van der Waals surface area contributed by atoms with Crippen molar-refractivity contribution in [3.63, 3.8) is 0 Å². The minimum absolute atomic E-state index is 0.0211. The van der Waals surface area contributed by atoms with Gasteiger partial charge in [0.1, 0.15) is 11.9 Å². The molecule has 0 aromatic carbocycles. The van der Waals surface area contributed by atoms with Crippen LogP contribution < -0.4 is 5.43 Å². The number of aromatic amines is 1. The van der Waals surface area contributed by atoms with Crippen LogP contribution in [0.2, 0.25) is 0 Å². The highest BCUT2D eigenvalue weighted by Gasteiger charge is 2.23. The minimum Gasteiger partial charge on any atom is -0.369 e. The van der Waals surface area contributed by atoms with Gasteiger partial charge >= 0.3 is 0 Å². The molecule has 0 saturated carbocycles. The van der Waals surface area contributed by atoms with Gasteiger partial charge in [0.25, 0.3) is 0 Å². The van der Waals surface area contributed by atoms with Crippen molar-refractivity contribution in [1.82, 2.24) is 14.9 Å². The molecule has 2 aromatic heterocycles. The third-order valence-corrected chi connectivity index (χ3v) is 3.67. The summed E-state index contributed by atoms with van der Waals surface area (Å²) in [6.45, 7) is 4.52. The molecule has 22 heavy (non-hydrogen) atoms. The zero-order chi connectivity index (χ0) is 15.5. The van der Waals surface area contributed by atoms with Gasteiger partial charge in [0.05, 0.1) is 18.5 Å². The Bertz CT molecular complexity index is 699. The predicted octanol–water partition coefficient (Wildman–Crippen LogP) is 1.79. The van der Waals surface area contributed by atoms with Crippen LogP contribution in [0.25, 0.3) is 0 Å². The molecule has 3 heterocycles. The molecule has 3 rings (SSSR count). The molecular formula is C16H18FN3O2. The zero-order valence-electron chi connectivity index (χ0n) is 12.4. The molecule has 0 amide bonds. The molecule has 0 radical (unpaired) electrons. The number of halogens is 1. The van der Waals surface area contributed by atoms with Crippen LogP contribution in [0.1, 0.15) is 23.2 Å². The molecule has 5 nitrogen and oxygen atoms in total. The fraction of sp³-hybridized carbons (Fsp3) is 0.375. The molecule has 6 heteroatoms. The smallest absolute Gasteiger partial charge is 0.182 e. The maximum atomic E-state index is 12.9. The van der Waals surface area contributed by atoms with Gasteiger partial charge in [-0.2, -0.15) is 0 Å². The average Bonchev–Trinajstić information content (AvgIpc) is 2.49. The quantitative estimate of drug-likeness (QED) is 0.939. The lowest BCUT2D eigenvalue weighted by molar-refractivity contribution is -0.0354. The Morgan fingerprint density at radius 2 is 2.32 bits per heavy atom. The molecule has 1 atom stereocenters. The van der Waals surface area contributed by atoms with Crippen molar-refractivity contribution in [2.24, 2.45) is 0 Å². The average molecular weight is 303 g/mol. The number of pyridine rings is 2. The number of aromatic nitrogens is 2.